The zero-order valence-corrected chi connectivity index (χ0v) is 15.6. The summed E-state index contributed by atoms with van der Waals surface area (Å²) in [5, 5.41) is 7.47. The SMILES string of the molecule is COc1ccc2cc(CN(C)c3nn4c(=O)cc(C)nc4s3)ccc2c1. The number of aryl methyl sites for hydroxylation is 1. The molecule has 7 heteroatoms. The van der Waals surface area contributed by atoms with E-state index in [0.717, 1.165) is 21.7 Å². The Bertz CT molecular complexity index is 1170. The van der Waals surface area contributed by atoms with Crippen LogP contribution in [-0.2, 0) is 6.54 Å². The summed E-state index contributed by atoms with van der Waals surface area (Å²) in [5.41, 5.74) is 1.72. The van der Waals surface area contributed by atoms with Crippen LogP contribution in [0.2, 0.25) is 0 Å². The first-order valence-electron chi connectivity index (χ1n) is 8.19. The highest BCUT2D eigenvalue weighted by atomic mass is 32.1. The van der Waals surface area contributed by atoms with Crippen molar-refractivity contribution in [1.82, 2.24) is 14.6 Å². The Kier molecular flexibility index (Phi) is 4.08. The molecule has 0 bridgehead atoms. The molecule has 2 heterocycles. The third-order valence-corrected chi connectivity index (χ3v) is 5.24. The molecule has 0 aliphatic rings. The lowest BCUT2D eigenvalue weighted by molar-refractivity contribution is 0.415. The number of anilines is 1. The van der Waals surface area contributed by atoms with Gasteiger partial charge in [0.25, 0.3) is 5.56 Å². The molecule has 0 unspecified atom stereocenters. The first-order valence-corrected chi connectivity index (χ1v) is 9.00. The summed E-state index contributed by atoms with van der Waals surface area (Å²) in [6.07, 6.45) is 0. The zero-order chi connectivity index (χ0) is 18.3. The molecule has 0 N–H and O–H groups in total. The number of nitrogens with zero attached hydrogens (tertiary/aromatic N) is 4. The summed E-state index contributed by atoms with van der Waals surface area (Å²) in [4.78, 5) is 19.1. The van der Waals surface area contributed by atoms with Crippen molar-refractivity contribution in [2.24, 2.45) is 0 Å². The van der Waals surface area contributed by atoms with Gasteiger partial charge in [-0.2, -0.15) is 4.52 Å². The van der Waals surface area contributed by atoms with Gasteiger partial charge < -0.3 is 9.64 Å². The number of hydrogen-bond acceptors (Lipinski definition) is 6. The smallest absolute Gasteiger partial charge is 0.275 e. The van der Waals surface area contributed by atoms with Crippen LogP contribution in [0, 0.1) is 6.92 Å². The van der Waals surface area contributed by atoms with E-state index in [0.29, 0.717) is 17.2 Å². The Hall–Kier alpha value is -2.93. The standard InChI is InChI=1S/C19H18N4O2S/c1-12-8-17(24)23-18(20-12)26-19(21-23)22(2)11-13-4-5-15-10-16(25-3)7-6-14(15)9-13/h4-10H,11H2,1-3H3. The Morgan fingerprint density at radius 1 is 1.15 bits per heavy atom. The first kappa shape index (κ1) is 16.5. The van der Waals surface area contributed by atoms with Crippen LogP contribution in [0.5, 0.6) is 5.75 Å². The Labute approximate surface area is 154 Å². The Balaban J connectivity index is 1.63. The van der Waals surface area contributed by atoms with Crippen molar-refractivity contribution >= 4 is 32.2 Å². The van der Waals surface area contributed by atoms with Gasteiger partial charge in [0.1, 0.15) is 5.75 Å². The number of methoxy groups -OCH3 is 1. The van der Waals surface area contributed by atoms with Gasteiger partial charge in [0.15, 0.2) is 0 Å². The van der Waals surface area contributed by atoms with E-state index < -0.39 is 0 Å². The number of ether oxygens (including phenoxy) is 1. The van der Waals surface area contributed by atoms with Gasteiger partial charge in [-0.25, -0.2) is 4.98 Å². The molecule has 0 atom stereocenters. The predicted molar refractivity (Wildman–Crippen MR) is 104 cm³/mol. The number of fused-ring (bicyclic) bond motifs is 2. The van der Waals surface area contributed by atoms with Gasteiger partial charge in [-0.05, 0) is 41.5 Å². The molecule has 6 nitrogen and oxygen atoms in total. The van der Waals surface area contributed by atoms with Crippen molar-refractivity contribution in [3.05, 3.63) is 64.1 Å². The molecule has 2 aromatic heterocycles. The quantitative estimate of drug-likeness (QED) is 0.555. The number of hydrogen-bond donors (Lipinski definition) is 0. The van der Waals surface area contributed by atoms with Crippen LogP contribution >= 0.6 is 11.3 Å². The summed E-state index contributed by atoms with van der Waals surface area (Å²) in [5.74, 6) is 0.852. The molecule has 4 rings (SSSR count). The van der Waals surface area contributed by atoms with Gasteiger partial charge >= 0.3 is 0 Å². The molecule has 0 saturated carbocycles. The van der Waals surface area contributed by atoms with E-state index in [2.05, 4.69) is 34.3 Å². The zero-order valence-electron chi connectivity index (χ0n) is 14.8. The molecule has 0 spiro atoms. The van der Waals surface area contributed by atoms with Crippen LogP contribution in [0.15, 0.2) is 47.3 Å². The highest BCUT2D eigenvalue weighted by Gasteiger charge is 2.12. The van der Waals surface area contributed by atoms with Gasteiger partial charge in [-0.3, -0.25) is 4.79 Å². The van der Waals surface area contributed by atoms with E-state index in [-0.39, 0.29) is 5.56 Å². The minimum absolute atomic E-state index is 0.150. The Morgan fingerprint density at radius 3 is 2.73 bits per heavy atom. The topological polar surface area (TPSA) is 59.7 Å². The van der Waals surface area contributed by atoms with E-state index in [9.17, 15) is 4.79 Å². The number of benzene rings is 2. The summed E-state index contributed by atoms with van der Waals surface area (Å²) < 4.78 is 6.63. The monoisotopic (exact) mass is 366 g/mol. The predicted octanol–water partition coefficient (Wildman–Crippen LogP) is 3.26. The van der Waals surface area contributed by atoms with Crippen molar-refractivity contribution in [2.75, 3.05) is 19.1 Å². The van der Waals surface area contributed by atoms with Crippen LogP contribution in [0.1, 0.15) is 11.3 Å². The lowest BCUT2D eigenvalue weighted by atomic mass is 10.1. The van der Waals surface area contributed by atoms with E-state index in [1.807, 2.05) is 31.0 Å². The van der Waals surface area contributed by atoms with Gasteiger partial charge in [0.2, 0.25) is 10.1 Å². The van der Waals surface area contributed by atoms with Crippen LogP contribution in [0.4, 0.5) is 5.13 Å². The normalized spacial score (nSPS) is 11.2. The summed E-state index contributed by atoms with van der Waals surface area (Å²) in [6, 6.07) is 13.9. The molecule has 0 aliphatic heterocycles. The lowest BCUT2D eigenvalue weighted by Gasteiger charge is -2.15. The van der Waals surface area contributed by atoms with Crippen molar-refractivity contribution in [1.29, 1.82) is 0 Å². The largest absolute Gasteiger partial charge is 0.497 e. The minimum atomic E-state index is -0.150. The second-order valence-corrected chi connectivity index (χ2v) is 7.15. The van der Waals surface area contributed by atoms with Crippen LogP contribution in [0.3, 0.4) is 0 Å². The molecule has 0 fully saturated rings. The van der Waals surface area contributed by atoms with Crippen LogP contribution < -0.4 is 15.2 Å². The van der Waals surface area contributed by atoms with Gasteiger partial charge in [0.05, 0.1) is 7.11 Å². The number of aromatic nitrogens is 3. The van der Waals surface area contributed by atoms with E-state index >= 15 is 0 Å². The molecule has 26 heavy (non-hydrogen) atoms. The third kappa shape index (κ3) is 3.01. The van der Waals surface area contributed by atoms with Gasteiger partial charge in [-0.15, -0.1) is 5.10 Å². The minimum Gasteiger partial charge on any atom is -0.497 e. The molecule has 0 saturated heterocycles. The second kappa shape index (κ2) is 6.42. The third-order valence-electron chi connectivity index (χ3n) is 4.22. The fourth-order valence-corrected chi connectivity index (χ4v) is 3.82. The Morgan fingerprint density at radius 2 is 1.92 bits per heavy atom. The van der Waals surface area contributed by atoms with Crippen LogP contribution in [-0.4, -0.2) is 28.8 Å². The molecular weight excluding hydrogens is 348 g/mol. The summed E-state index contributed by atoms with van der Waals surface area (Å²) >= 11 is 1.41. The first-order chi connectivity index (χ1) is 12.5. The maximum absolute atomic E-state index is 12.0. The highest BCUT2D eigenvalue weighted by molar-refractivity contribution is 7.20. The lowest BCUT2D eigenvalue weighted by Crippen LogP contribution is -2.18. The summed E-state index contributed by atoms with van der Waals surface area (Å²) in [6.45, 7) is 2.50. The van der Waals surface area contributed by atoms with Crippen LogP contribution in [0.25, 0.3) is 15.7 Å². The second-order valence-electron chi connectivity index (χ2n) is 6.22. The average molecular weight is 366 g/mol. The van der Waals surface area contributed by atoms with Crippen molar-refractivity contribution < 1.29 is 4.74 Å². The average Bonchev–Trinajstić information content (AvgIpc) is 3.05. The molecule has 4 aromatic rings. The maximum Gasteiger partial charge on any atom is 0.275 e. The molecule has 132 valence electrons. The fourth-order valence-electron chi connectivity index (χ4n) is 2.90. The maximum atomic E-state index is 12.0. The highest BCUT2D eigenvalue weighted by Crippen LogP contribution is 2.25. The molecular formula is C19H18N4O2S. The van der Waals surface area contributed by atoms with Crippen molar-refractivity contribution in [3.8, 4) is 5.75 Å². The molecule has 0 amide bonds. The number of rotatable bonds is 4. The fraction of sp³-hybridized carbons (Fsp3) is 0.211. The van der Waals surface area contributed by atoms with Gasteiger partial charge in [0, 0.05) is 25.4 Å². The van der Waals surface area contributed by atoms with Gasteiger partial charge in [-0.1, -0.05) is 29.5 Å². The molecule has 0 aliphatic carbocycles. The van der Waals surface area contributed by atoms with E-state index in [4.69, 9.17) is 4.74 Å². The van der Waals surface area contributed by atoms with Crippen molar-refractivity contribution in [3.63, 3.8) is 0 Å². The van der Waals surface area contributed by atoms with E-state index in [1.165, 1.54) is 27.5 Å². The molecule has 2 aromatic carbocycles. The van der Waals surface area contributed by atoms with Crippen molar-refractivity contribution in [2.45, 2.75) is 13.5 Å². The molecule has 0 radical (unpaired) electrons. The summed E-state index contributed by atoms with van der Waals surface area (Å²) in [7, 11) is 3.64. The van der Waals surface area contributed by atoms with E-state index in [1.54, 1.807) is 7.11 Å².